The van der Waals surface area contributed by atoms with Crippen LogP contribution in [0.3, 0.4) is 0 Å². The van der Waals surface area contributed by atoms with E-state index in [4.69, 9.17) is 0 Å². The van der Waals surface area contributed by atoms with Gasteiger partial charge in [-0.2, -0.15) is 0 Å². The summed E-state index contributed by atoms with van der Waals surface area (Å²) in [6.07, 6.45) is 0. The van der Waals surface area contributed by atoms with Crippen molar-refractivity contribution < 1.29 is 17.7 Å². The van der Waals surface area contributed by atoms with E-state index in [0.29, 0.717) is 0 Å². The number of benzene rings is 1. The van der Waals surface area contributed by atoms with Crippen molar-refractivity contribution in [1.29, 1.82) is 0 Å². The summed E-state index contributed by atoms with van der Waals surface area (Å²) in [6, 6.07) is 5.06. The summed E-state index contributed by atoms with van der Waals surface area (Å²) in [5, 5.41) is 0. The molecule has 1 nitrogen and oxygen atoms in total. The van der Waals surface area contributed by atoms with Gasteiger partial charge in [0.1, 0.15) is 5.75 Å². The maximum Gasteiger partial charge on any atom is 0.515 e. The van der Waals surface area contributed by atoms with Gasteiger partial charge in [0.2, 0.25) is 0 Å². The molecule has 1 aromatic carbocycles. The fourth-order valence-corrected chi connectivity index (χ4v) is 1.21. The molecule has 0 saturated heterocycles. The third kappa shape index (κ3) is 3.72. The van der Waals surface area contributed by atoms with Gasteiger partial charge < -0.3 is 17.7 Å². The molecular weight excluding hydrogens is 192 g/mol. The third-order valence-electron chi connectivity index (χ3n) is 1.63. The average molecular weight is 203 g/mol. The van der Waals surface area contributed by atoms with Crippen LogP contribution in [0.25, 0.3) is 0 Å². The monoisotopic (exact) mass is 203 g/mol. The van der Waals surface area contributed by atoms with Gasteiger partial charge in [0, 0.05) is 0 Å². The third-order valence-corrected chi connectivity index (χ3v) is 1.63. The molecule has 0 aromatic heterocycles. The molecule has 0 atom stereocenters. The van der Waals surface area contributed by atoms with E-state index < -0.39 is 13.5 Å². The van der Waals surface area contributed by atoms with E-state index in [1.165, 1.54) is 0 Å². The molecular formula is C9H11BF3O-. The van der Waals surface area contributed by atoms with Crippen molar-refractivity contribution in [3.8, 4) is 5.75 Å². The number of ether oxygens (including phenoxy) is 1. The Labute approximate surface area is 80.9 Å². The van der Waals surface area contributed by atoms with Crippen LogP contribution in [-0.4, -0.2) is 13.5 Å². The van der Waals surface area contributed by atoms with E-state index in [2.05, 4.69) is 4.74 Å². The molecule has 0 aliphatic rings. The van der Waals surface area contributed by atoms with Crippen molar-refractivity contribution >= 4 is 6.98 Å². The minimum Gasteiger partial charge on any atom is -0.522 e. The minimum absolute atomic E-state index is 0.279. The Morgan fingerprint density at radius 3 is 2.00 bits per heavy atom. The van der Waals surface area contributed by atoms with Crippen LogP contribution < -0.4 is 4.74 Å². The van der Waals surface area contributed by atoms with Crippen molar-refractivity contribution in [2.24, 2.45) is 0 Å². The quantitative estimate of drug-likeness (QED) is 0.685. The van der Waals surface area contributed by atoms with Crippen molar-refractivity contribution in [2.75, 3.05) is 6.51 Å². The van der Waals surface area contributed by atoms with Gasteiger partial charge in [0.15, 0.2) is 0 Å². The predicted octanol–water partition coefficient (Wildman–Crippen LogP) is 3.07. The molecule has 0 saturated carbocycles. The summed E-state index contributed by atoms with van der Waals surface area (Å²) in [5.41, 5.74) is 1.80. The summed E-state index contributed by atoms with van der Waals surface area (Å²) in [7, 11) is 0. The molecule has 0 aliphatic heterocycles. The Morgan fingerprint density at radius 1 is 1.07 bits per heavy atom. The lowest BCUT2D eigenvalue weighted by Gasteiger charge is -2.15. The maximum atomic E-state index is 11.9. The molecule has 0 amide bonds. The second kappa shape index (κ2) is 3.94. The lowest BCUT2D eigenvalue weighted by atomic mass is 9.95. The fourth-order valence-electron chi connectivity index (χ4n) is 1.21. The zero-order valence-electron chi connectivity index (χ0n) is 8.06. The topological polar surface area (TPSA) is 9.23 Å². The van der Waals surface area contributed by atoms with Crippen LogP contribution in [0.15, 0.2) is 18.2 Å². The van der Waals surface area contributed by atoms with E-state index in [1.54, 1.807) is 12.1 Å². The highest BCUT2D eigenvalue weighted by Gasteiger charge is 2.24. The van der Waals surface area contributed by atoms with Gasteiger partial charge in [0.25, 0.3) is 0 Å². The van der Waals surface area contributed by atoms with Crippen LogP contribution in [0.4, 0.5) is 12.9 Å². The molecule has 0 N–H and O–H groups in total. The second-order valence-corrected chi connectivity index (χ2v) is 3.34. The molecule has 1 rings (SSSR count). The van der Waals surface area contributed by atoms with E-state index in [9.17, 15) is 12.9 Å². The van der Waals surface area contributed by atoms with E-state index in [0.717, 1.165) is 11.1 Å². The van der Waals surface area contributed by atoms with Crippen LogP contribution in [0.5, 0.6) is 5.75 Å². The number of aryl methyl sites for hydroxylation is 2. The Kier molecular flexibility index (Phi) is 3.08. The largest absolute Gasteiger partial charge is 0.522 e. The molecule has 78 valence electrons. The molecule has 0 fully saturated rings. The summed E-state index contributed by atoms with van der Waals surface area (Å²) in [6.45, 7) is -2.41. The maximum absolute atomic E-state index is 11.9. The van der Waals surface area contributed by atoms with Gasteiger partial charge in [-0.15, -0.1) is 0 Å². The number of hydrogen-bond donors (Lipinski definition) is 0. The smallest absolute Gasteiger partial charge is 0.515 e. The molecule has 0 radical (unpaired) electrons. The van der Waals surface area contributed by atoms with Crippen LogP contribution in [-0.2, 0) is 0 Å². The zero-order valence-corrected chi connectivity index (χ0v) is 8.06. The summed E-state index contributed by atoms with van der Waals surface area (Å²) in [4.78, 5) is 0. The first-order valence-electron chi connectivity index (χ1n) is 4.29. The molecule has 0 bridgehead atoms. The second-order valence-electron chi connectivity index (χ2n) is 3.34. The molecule has 0 aliphatic carbocycles. The highest BCUT2D eigenvalue weighted by atomic mass is 19.4. The van der Waals surface area contributed by atoms with E-state index in [1.807, 2.05) is 19.9 Å². The Hall–Kier alpha value is -1.13. The Morgan fingerprint density at radius 2 is 1.57 bits per heavy atom. The minimum atomic E-state index is -4.87. The first-order chi connectivity index (χ1) is 6.37. The van der Waals surface area contributed by atoms with Crippen LogP contribution in [0.2, 0.25) is 0 Å². The first kappa shape index (κ1) is 11.0. The average Bonchev–Trinajstić information content (AvgIpc) is 1.97. The van der Waals surface area contributed by atoms with Crippen molar-refractivity contribution in [3.05, 3.63) is 29.3 Å². The van der Waals surface area contributed by atoms with Gasteiger partial charge in [-0.1, -0.05) is 6.07 Å². The Balaban J connectivity index is 2.68. The van der Waals surface area contributed by atoms with Crippen molar-refractivity contribution in [1.82, 2.24) is 0 Å². The Bertz CT molecular complexity index is 302. The molecule has 0 unspecified atom stereocenters. The highest BCUT2D eigenvalue weighted by molar-refractivity contribution is 6.58. The SMILES string of the molecule is Cc1cc(C)cc(OC[B-](F)(F)F)c1. The molecule has 0 heterocycles. The van der Waals surface area contributed by atoms with Crippen LogP contribution in [0, 0.1) is 13.8 Å². The summed E-state index contributed by atoms with van der Waals surface area (Å²) >= 11 is 0. The van der Waals surface area contributed by atoms with Crippen molar-refractivity contribution in [2.45, 2.75) is 13.8 Å². The van der Waals surface area contributed by atoms with Gasteiger partial charge >= 0.3 is 6.98 Å². The summed E-state index contributed by atoms with van der Waals surface area (Å²) in [5.74, 6) is 0.279. The molecule has 5 heteroatoms. The predicted molar refractivity (Wildman–Crippen MR) is 50.5 cm³/mol. The lowest BCUT2D eigenvalue weighted by Crippen LogP contribution is -2.26. The van der Waals surface area contributed by atoms with Crippen molar-refractivity contribution in [3.63, 3.8) is 0 Å². The normalized spacial score (nSPS) is 11.5. The van der Waals surface area contributed by atoms with Gasteiger partial charge in [-0.3, -0.25) is 0 Å². The zero-order chi connectivity index (χ0) is 10.8. The van der Waals surface area contributed by atoms with Crippen LogP contribution >= 0.6 is 0 Å². The number of hydrogen-bond acceptors (Lipinski definition) is 1. The molecule has 14 heavy (non-hydrogen) atoms. The fraction of sp³-hybridized carbons (Fsp3) is 0.333. The summed E-state index contributed by atoms with van der Waals surface area (Å²) < 4.78 is 40.3. The lowest BCUT2D eigenvalue weighted by molar-refractivity contribution is 0.313. The van der Waals surface area contributed by atoms with Gasteiger partial charge in [0.05, 0.1) is 6.51 Å². The van der Waals surface area contributed by atoms with Crippen LogP contribution in [0.1, 0.15) is 11.1 Å². The number of halogens is 3. The van der Waals surface area contributed by atoms with E-state index in [-0.39, 0.29) is 5.75 Å². The van der Waals surface area contributed by atoms with Gasteiger partial charge in [-0.05, 0) is 37.1 Å². The molecule has 0 spiro atoms. The number of rotatable bonds is 3. The standard InChI is InChI=1S/C9H11BF3O/c1-7-3-8(2)5-9(4-7)14-6-10(11,12)13/h3-5H,6H2,1-2H3/q-1. The van der Waals surface area contributed by atoms with Gasteiger partial charge in [-0.25, -0.2) is 0 Å². The highest BCUT2D eigenvalue weighted by Crippen LogP contribution is 2.18. The van der Waals surface area contributed by atoms with E-state index >= 15 is 0 Å². The first-order valence-corrected chi connectivity index (χ1v) is 4.29. The molecule has 1 aromatic rings.